The molecule has 1 aromatic carbocycles. The fourth-order valence-electron chi connectivity index (χ4n) is 4.61. The smallest absolute Gasteiger partial charge is 0.338 e. The summed E-state index contributed by atoms with van der Waals surface area (Å²) in [6.07, 6.45) is 7.60. The van der Waals surface area contributed by atoms with E-state index in [1.165, 1.54) is 17.7 Å². The lowest BCUT2D eigenvalue weighted by Crippen LogP contribution is -2.39. The second-order valence-corrected chi connectivity index (χ2v) is 8.79. The zero-order valence-electron chi connectivity index (χ0n) is 16.8. The predicted molar refractivity (Wildman–Crippen MR) is 109 cm³/mol. The Balaban J connectivity index is 1.37. The normalized spacial score (nSPS) is 24.6. The first-order valence-electron chi connectivity index (χ1n) is 10.6. The van der Waals surface area contributed by atoms with E-state index in [-0.39, 0.29) is 18.6 Å². The van der Waals surface area contributed by atoms with Crippen LogP contribution < -0.4 is 5.32 Å². The molecule has 0 aliphatic heterocycles. The van der Waals surface area contributed by atoms with Gasteiger partial charge in [-0.25, -0.2) is 4.79 Å². The number of carbonyl (C=O) groups is 2. The highest BCUT2D eigenvalue weighted by Gasteiger charge is 2.22. The third-order valence-corrected chi connectivity index (χ3v) is 6.39. The van der Waals surface area contributed by atoms with E-state index in [4.69, 9.17) is 4.74 Å². The molecule has 5 heteroatoms. The predicted octanol–water partition coefficient (Wildman–Crippen LogP) is 4.14. The number of hydrogen-bond acceptors (Lipinski definition) is 3. The molecule has 4 rings (SSSR count). The molecule has 0 spiro atoms. The van der Waals surface area contributed by atoms with E-state index < -0.39 is 5.97 Å². The van der Waals surface area contributed by atoms with Crippen molar-refractivity contribution in [2.24, 2.45) is 11.8 Å². The van der Waals surface area contributed by atoms with E-state index in [0.717, 1.165) is 55.3 Å². The van der Waals surface area contributed by atoms with Crippen LogP contribution in [0.4, 0.5) is 0 Å². The lowest BCUT2D eigenvalue weighted by molar-refractivity contribution is -0.125. The first-order valence-corrected chi connectivity index (χ1v) is 10.6. The van der Waals surface area contributed by atoms with Gasteiger partial charge in [-0.3, -0.25) is 4.79 Å². The summed E-state index contributed by atoms with van der Waals surface area (Å²) in [5.74, 6) is 0.756. The van der Waals surface area contributed by atoms with Crippen molar-refractivity contribution < 1.29 is 14.3 Å². The molecular weight excluding hydrogens is 352 g/mol. The zero-order chi connectivity index (χ0) is 19.7. The molecule has 2 N–H and O–H groups in total. The molecule has 5 nitrogen and oxygen atoms in total. The minimum absolute atomic E-state index is 0.207. The van der Waals surface area contributed by atoms with Crippen LogP contribution in [-0.4, -0.2) is 29.5 Å². The van der Waals surface area contributed by atoms with E-state index in [0.29, 0.717) is 11.5 Å². The molecule has 2 aromatic rings. The van der Waals surface area contributed by atoms with Crippen LogP contribution in [-0.2, 0) is 22.4 Å². The third-order valence-electron chi connectivity index (χ3n) is 6.39. The standard InChI is InChI=1S/C23H30N2O3/c1-14-3-7-17(8-4-14)24-22(26)13-28-23(27)16-6-10-21-19(12-16)18-11-15(2)5-9-20(18)25-21/h6,10,12,14-15,17,25H,3-5,7-9,11,13H2,1-2H3,(H,24,26). The number of carbonyl (C=O) groups excluding carboxylic acids is 2. The Morgan fingerprint density at radius 1 is 1.11 bits per heavy atom. The number of ether oxygens (including phenoxy) is 1. The molecule has 2 aliphatic carbocycles. The fraction of sp³-hybridized carbons (Fsp3) is 0.565. The molecule has 0 bridgehead atoms. The summed E-state index contributed by atoms with van der Waals surface area (Å²) in [7, 11) is 0. The van der Waals surface area contributed by atoms with Gasteiger partial charge in [0.05, 0.1) is 5.56 Å². The van der Waals surface area contributed by atoms with Gasteiger partial charge in [0.1, 0.15) is 0 Å². The van der Waals surface area contributed by atoms with Gasteiger partial charge < -0.3 is 15.0 Å². The summed E-state index contributed by atoms with van der Waals surface area (Å²) >= 11 is 0. The summed E-state index contributed by atoms with van der Waals surface area (Å²) < 4.78 is 5.28. The van der Waals surface area contributed by atoms with Gasteiger partial charge in [-0.2, -0.15) is 0 Å². The van der Waals surface area contributed by atoms with E-state index in [1.54, 1.807) is 6.07 Å². The third kappa shape index (κ3) is 4.08. The molecule has 1 saturated carbocycles. The van der Waals surface area contributed by atoms with Crippen molar-refractivity contribution in [1.82, 2.24) is 10.3 Å². The maximum Gasteiger partial charge on any atom is 0.338 e. The van der Waals surface area contributed by atoms with Crippen LogP contribution in [0.2, 0.25) is 0 Å². The van der Waals surface area contributed by atoms with Crippen LogP contribution in [0.1, 0.15) is 67.6 Å². The van der Waals surface area contributed by atoms with Crippen LogP contribution in [0, 0.1) is 11.8 Å². The summed E-state index contributed by atoms with van der Waals surface area (Å²) in [6.45, 7) is 4.30. The number of amides is 1. The Morgan fingerprint density at radius 2 is 1.89 bits per heavy atom. The number of fused-ring (bicyclic) bond motifs is 3. The van der Waals surface area contributed by atoms with Gasteiger partial charge in [-0.15, -0.1) is 0 Å². The zero-order valence-corrected chi connectivity index (χ0v) is 16.8. The van der Waals surface area contributed by atoms with Crippen molar-refractivity contribution in [2.45, 2.75) is 64.8 Å². The van der Waals surface area contributed by atoms with Crippen LogP contribution in [0.3, 0.4) is 0 Å². The van der Waals surface area contributed by atoms with Gasteiger partial charge in [0.15, 0.2) is 6.61 Å². The van der Waals surface area contributed by atoms with Gasteiger partial charge in [-0.05, 0) is 80.5 Å². The number of esters is 1. The van der Waals surface area contributed by atoms with Crippen molar-refractivity contribution >= 4 is 22.8 Å². The number of benzene rings is 1. The van der Waals surface area contributed by atoms with E-state index >= 15 is 0 Å². The van der Waals surface area contributed by atoms with Gasteiger partial charge in [0.2, 0.25) is 0 Å². The highest BCUT2D eigenvalue weighted by Crippen LogP contribution is 2.32. The van der Waals surface area contributed by atoms with Crippen molar-refractivity contribution in [1.29, 1.82) is 0 Å². The lowest BCUT2D eigenvalue weighted by atomic mass is 9.87. The summed E-state index contributed by atoms with van der Waals surface area (Å²) in [6, 6.07) is 5.84. The highest BCUT2D eigenvalue weighted by molar-refractivity contribution is 5.97. The lowest BCUT2D eigenvalue weighted by Gasteiger charge is -2.26. The number of nitrogens with one attached hydrogen (secondary N) is 2. The summed E-state index contributed by atoms with van der Waals surface area (Å²) in [5, 5.41) is 4.10. The molecule has 1 heterocycles. The van der Waals surface area contributed by atoms with Gasteiger partial charge in [-0.1, -0.05) is 13.8 Å². The molecule has 0 saturated heterocycles. The Labute approximate surface area is 166 Å². The maximum atomic E-state index is 12.5. The van der Waals surface area contributed by atoms with Crippen LogP contribution in [0.25, 0.3) is 10.9 Å². The summed E-state index contributed by atoms with van der Waals surface area (Å²) in [4.78, 5) is 28.1. The molecule has 1 unspecified atom stereocenters. The Hall–Kier alpha value is -2.30. The number of hydrogen-bond donors (Lipinski definition) is 2. The average Bonchev–Trinajstić information content (AvgIpc) is 3.05. The maximum absolute atomic E-state index is 12.5. The first-order chi connectivity index (χ1) is 13.5. The Kier molecular flexibility index (Phi) is 5.42. The Bertz CT molecular complexity index is 877. The van der Waals surface area contributed by atoms with Crippen molar-refractivity contribution in [3.8, 4) is 0 Å². The number of H-pyrrole nitrogens is 1. The van der Waals surface area contributed by atoms with Crippen molar-refractivity contribution in [3.05, 3.63) is 35.0 Å². The van der Waals surface area contributed by atoms with E-state index in [2.05, 4.69) is 24.1 Å². The second kappa shape index (κ2) is 7.98. The number of aryl methyl sites for hydroxylation is 1. The van der Waals surface area contributed by atoms with Gasteiger partial charge in [0.25, 0.3) is 5.91 Å². The number of rotatable bonds is 4. The average molecular weight is 383 g/mol. The van der Waals surface area contributed by atoms with Crippen LogP contribution in [0.5, 0.6) is 0 Å². The topological polar surface area (TPSA) is 71.2 Å². The first kappa shape index (κ1) is 19.0. The molecule has 1 amide bonds. The molecule has 150 valence electrons. The van der Waals surface area contributed by atoms with Crippen LogP contribution in [0.15, 0.2) is 18.2 Å². The quantitative estimate of drug-likeness (QED) is 0.781. The van der Waals surface area contributed by atoms with Crippen molar-refractivity contribution in [2.75, 3.05) is 6.61 Å². The minimum atomic E-state index is -0.437. The molecule has 2 aliphatic rings. The molecular formula is C23H30N2O3. The van der Waals surface area contributed by atoms with Gasteiger partial charge >= 0.3 is 5.97 Å². The van der Waals surface area contributed by atoms with Gasteiger partial charge in [0, 0.05) is 22.6 Å². The second-order valence-electron chi connectivity index (χ2n) is 8.79. The Morgan fingerprint density at radius 3 is 2.68 bits per heavy atom. The van der Waals surface area contributed by atoms with E-state index in [1.807, 2.05) is 12.1 Å². The summed E-state index contributed by atoms with van der Waals surface area (Å²) in [5.41, 5.74) is 4.19. The molecule has 0 radical (unpaired) electrons. The van der Waals surface area contributed by atoms with E-state index in [9.17, 15) is 9.59 Å². The SMILES string of the molecule is CC1CCC(NC(=O)COC(=O)c2ccc3[nH]c4c(c3c2)CC(C)CC4)CC1. The van der Waals surface area contributed by atoms with Crippen LogP contribution >= 0.6 is 0 Å². The molecule has 1 atom stereocenters. The molecule has 1 fully saturated rings. The largest absolute Gasteiger partial charge is 0.452 e. The number of aromatic amines is 1. The molecule has 28 heavy (non-hydrogen) atoms. The minimum Gasteiger partial charge on any atom is -0.452 e. The fourth-order valence-corrected chi connectivity index (χ4v) is 4.61. The van der Waals surface area contributed by atoms with Crippen molar-refractivity contribution in [3.63, 3.8) is 0 Å². The highest BCUT2D eigenvalue weighted by atomic mass is 16.5. The monoisotopic (exact) mass is 382 g/mol. The number of aromatic nitrogens is 1. The molecule has 1 aromatic heterocycles.